The Balaban J connectivity index is 0.00000369. The minimum absolute atomic E-state index is 0. The topological polar surface area (TPSA) is 152 Å². The number of carbonyl (C=O) groups excluding carboxylic acids is 4. The van der Waals surface area contributed by atoms with Crippen molar-refractivity contribution in [2.45, 2.75) is 55.4 Å². The fourth-order valence-electron chi connectivity index (χ4n) is 9.01. The molecule has 0 fully saturated rings. The number of hydrogen-bond acceptors (Lipinski definition) is 10. The maximum absolute atomic E-state index is 14.0. The summed E-state index contributed by atoms with van der Waals surface area (Å²) in [7, 11) is 0. The summed E-state index contributed by atoms with van der Waals surface area (Å²) in [4.78, 5) is 70.0. The molecule has 0 amide bonds. The van der Waals surface area contributed by atoms with Crippen LogP contribution in [-0.4, -0.2) is 66.4 Å². The number of esters is 4. The Morgan fingerprint density at radius 1 is 0.444 bits per heavy atom. The van der Waals surface area contributed by atoms with Crippen molar-refractivity contribution in [2.24, 2.45) is 23.7 Å². The first-order chi connectivity index (χ1) is 38.6. The van der Waals surface area contributed by atoms with Gasteiger partial charge in [-0.15, -0.1) is 0 Å². The molecule has 8 bridgehead atoms. The Kier molecular flexibility index (Phi) is 19.0. The zero-order chi connectivity index (χ0) is 56.5. The number of benzene rings is 4. The van der Waals surface area contributed by atoms with Gasteiger partial charge in [0.15, 0.2) is 5.75 Å². The molecular weight excluding hydrogens is 1030 g/mol. The van der Waals surface area contributed by atoms with Crippen molar-refractivity contribution in [3.05, 3.63) is 199 Å². The summed E-state index contributed by atoms with van der Waals surface area (Å²) in [6.45, 7) is 15.7. The van der Waals surface area contributed by atoms with Crippen LogP contribution in [0, 0.1) is 23.7 Å². The quantitative estimate of drug-likeness (QED) is 0.0428. The van der Waals surface area contributed by atoms with Crippen molar-refractivity contribution in [3.8, 4) is 62.1 Å². The summed E-state index contributed by atoms with van der Waals surface area (Å²) in [5.74, 6) is -1.47. The number of aromatic nitrogens is 4. The number of para-hydroxylation sites is 5. The molecule has 0 saturated carbocycles. The molecule has 12 nitrogen and oxygen atoms in total. The van der Waals surface area contributed by atoms with E-state index in [0.29, 0.717) is 72.9 Å². The third-order valence-electron chi connectivity index (χ3n) is 12.6. The minimum Gasteiger partial charge on any atom is -1.00 e. The van der Waals surface area contributed by atoms with Gasteiger partial charge in [-0.05, 0) is 109 Å². The summed E-state index contributed by atoms with van der Waals surface area (Å²) in [6, 6.07) is 38.5. The fourth-order valence-corrected chi connectivity index (χ4v) is 9.01. The van der Waals surface area contributed by atoms with Crippen LogP contribution in [-0.2, 0) is 19.2 Å². The molecule has 406 valence electrons. The molecule has 4 aromatic carbocycles. The van der Waals surface area contributed by atoms with Crippen LogP contribution in [0.3, 0.4) is 0 Å². The summed E-state index contributed by atoms with van der Waals surface area (Å²) in [6.07, 6.45) is 20.3. The van der Waals surface area contributed by atoms with Crippen molar-refractivity contribution < 1.29 is 41.0 Å². The maximum Gasteiger partial charge on any atom is 2.00 e. The zero-order valence-corrected chi connectivity index (χ0v) is 48.1. The number of carbonyl (C=O) groups is 4. The van der Waals surface area contributed by atoms with Gasteiger partial charge in [-0.25, -0.2) is 29.1 Å². The Bertz CT molecular complexity index is 3920. The predicted molar refractivity (Wildman–Crippen MR) is 327 cm³/mol. The van der Waals surface area contributed by atoms with Crippen LogP contribution in [0.4, 0.5) is 0 Å². The molecule has 2 aliphatic heterocycles. The van der Waals surface area contributed by atoms with E-state index >= 15 is 0 Å². The average Bonchev–Trinajstić information content (AvgIpc) is 3.96. The van der Waals surface area contributed by atoms with Crippen LogP contribution in [0.25, 0.3) is 85.4 Å². The Labute approximate surface area is 491 Å². The van der Waals surface area contributed by atoms with E-state index in [9.17, 15) is 19.2 Å². The molecule has 0 radical (unpaired) electrons. The van der Waals surface area contributed by atoms with Gasteiger partial charge in [-0.1, -0.05) is 146 Å². The largest absolute Gasteiger partial charge is 2.00 e. The number of aromatic amines is 1. The molecule has 13 heteroatoms. The number of nitrogens with one attached hydrogen (secondary N) is 1. The van der Waals surface area contributed by atoms with Gasteiger partial charge in [0.05, 0.1) is 39.5 Å². The van der Waals surface area contributed by atoms with Gasteiger partial charge in [0.25, 0.3) is 0 Å². The van der Waals surface area contributed by atoms with Gasteiger partial charge in [0.1, 0.15) is 17.2 Å². The molecule has 3 aromatic heterocycles. The molecule has 0 spiro atoms. The van der Waals surface area contributed by atoms with Crippen molar-refractivity contribution in [1.82, 2.24) is 19.5 Å². The molecule has 5 heterocycles. The Morgan fingerprint density at radius 2 is 0.815 bits per heavy atom. The molecule has 81 heavy (non-hydrogen) atoms. The van der Waals surface area contributed by atoms with Crippen LogP contribution in [0.2, 0.25) is 0 Å². The molecule has 0 atom stereocenters. The van der Waals surface area contributed by atoms with Crippen LogP contribution in [0.1, 0.15) is 81.0 Å². The van der Waals surface area contributed by atoms with Crippen molar-refractivity contribution in [1.29, 1.82) is 0 Å². The standard InChI is InChI=1S/C68H62N4O8.Mg.2H/c1-42(2)25-35-61(73)77-57-21-13-9-17-51(57)65-54-34-33-49(71-54)40-48-30-29-46(69-48)39-47-31-32-50(70-47)41-56-66(52-18-10-14-22-58(52)78-62(74)36-26-43(3)4)67(53-19-11-15-23-59(53)79-63(75)37-27-44(5)6)68(65)72(56)55-20-12-16-24-60(55)80-64(76)38-28-45(7)8;;;/h9-45,69H,1-8H3;;;/q;+2;2*-1. The van der Waals surface area contributed by atoms with Crippen LogP contribution >= 0.6 is 0 Å². The Hall–Kier alpha value is -8.91. The predicted octanol–water partition coefficient (Wildman–Crippen LogP) is 15.4. The zero-order valence-electron chi connectivity index (χ0n) is 48.7. The molecular formula is C68H64MgN4O8. The van der Waals surface area contributed by atoms with Gasteiger partial charge in [0, 0.05) is 68.7 Å². The second kappa shape index (κ2) is 26.4. The van der Waals surface area contributed by atoms with Gasteiger partial charge < -0.3 is 31.4 Å². The molecule has 7 aromatic rings. The Morgan fingerprint density at radius 3 is 1.28 bits per heavy atom. The number of nitrogens with zero attached hydrogens (tertiary/aromatic N) is 3. The average molecular weight is 1090 g/mol. The van der Waals surface area contributed by atoms with Crippen molar-refractivity contribution >= 4 is 93.3 Å². The van der Waals surface area contributed by atoms with E-state index in [1.807, 2.05) is 163 Å². The molecule has 0 saturated heterocycles. The first-order valence-electron chi connectivity index (χ1n) is 26.7. The number of ether oxygens (including phenoxy) is 4. The molecule has 0 unspecified atom stereocenters. The molecule has 1 N–H and O–H groups in total. The molecule has 2 aliphatic rings. The van der Waals surface area contributed by atoms with Gasteiger partial charge in [-0.3, -0.25) is 0 Å². The summed E-state index contributed by atoms with van der Waals surface area (Å²) in [5, 5.41) is 0. The number of hydrogen-bond donors (Lipinski definition) is 1. The third kappa shape index (κ3) is 14.3. The van der Waals surface area contributed by atoms with E-state index < -0.39 is 23.9 Å². The summed E-state index contributed by atoms with van der Waals surface area (Å²) in [5.41, 5.74) is 7.77. The normalized spacial score (nSPS) is 12.2. The fraction of sp³-hybridized carbons (Fsp3) is 0.176. The number of fused-ring (bicyclic) bond motifs is 8. The van der Waals surface area contributed by atoms with E-state index in [4.69, 9.17) is 28.9 Å². The number of H-pyrrole nitrogens is 1. The van der Waals surface area contributed by atoms with E-state index in [-0.39, 0.29) is 72.6 Å². The van der Waals surface area contributed by atoms with E-state index in [1.165, 1.54) is 24.3 Å². The monoisotopic (exact) mass is 1090 g/mol. The second-order valence-electron chi connectivity index (χ2n) is 20.6. The van der Waals surface area contributed by atoms with Crippen LogP contribution in [0.5, 0.6) is 23.0 Å². The van der Waals surface area contributed by atoms with Gasteiger partial charge >= 0.3 is 46.9 Å². The number of rotatable bonds is 16. The maximum atomic E-state index is 14.0. The van der Waals surface area contributed by atoms with Crippen molar-refractivity contribution in [2.75, 3.05) is 0 Å². The number of allylic oxidation sites excluding steroid dienone is 4. The third-order valence-corrected chi connectivity index (χ3v) is 12.6. The van der Waals surface area contributed by atoms with Crippen molar-refractivity contribution in [3.63, 3.8) is 0 Å². The van der Waals surface area contributed by atoms with E-state index in [0.717, 1.165) is 11.0 Å². The summed E-state index contributed by atoms with van der Waals surface area (Å²) < 4.78 is 27.4. The smallest absolute Gasteiger partial charge is 1.00 e. The second-order valence-corrected chi connectivity index (χ2v) is 20.6. The SMILES string of the molecule is CC(C)C=CC(=O)Oc1ccccc1-c1c(-c2ccccc2OC(=O)C=CC(C)C)c2c(-c3ccccc3OC(=O)C=CC(C)C)c3nc(cc4ccc(cc5nc(cc1n2-c1ccccc1OC(=O)C=CC(C)C)C=C5)[nH]4)C=C3.[H-].[H-].[Mg+2]. The van der Waals surface area contributed by atoms with Crippen LogP contribution < -0.4 is 18.9 Å². The first kappa shape index (κ1) is 58.2. The molecule has 9 rings (SSSR count). The van der Waals surface area contributed by atoms with Gasteiger partial charge in [0.2, 0.25) is 0 Å². The van der Waals surface area contributed by atoms with Crippen LogP contribution in [0.15, 0.2) is 176 Å². The van der Waals surface area contributed by atoms with E-state index in [1.54, 1.807) is 72.8 Å². The summed E-state index contributed by atoms with van der Waals surface area (Å²) >= 11 is 0. The molecule has 0 aliphatic carbocycles. The first-order valence-corrected chi connectivity index (χ1v) is 26.7. The van der Waals surface area contributed by atoms with E-state index in [2.05, 4.69) is 4.98 Å². The minimum atomic E-state index is -0.616. The van der Waals surface area contributed by atoms with Gasteiger partial charge in [-0.2, -0.15) is 0 Å².